The molecule has 1 aliphatic rings. The summed E-state index contributed by atoms with van der Waals surface area (Å²) >= 11 is 0. The van der Waals surface area contributed by atoms with Crippen LogP contribution in [0.15, 0.2) is 72.9 Å². The van der Waals surface area contributed by atoms with Crippen LogP contribution in [0.4, 0.5) is 0 Å². The Bertz CT molecular complexity index is 1450. The lowest BCUT2D eigenvalue weighted by Gasteiger charge is -2.49. The first kappa shape index (κ1) is 19.1. The summed E-state index contributed by atoms with van der Waals surface area (Å²) in [6.45, 7) is 1.84. The number of nitrogens with zero attached hydrogens (tertiary/aromatic N) is 4. The van der Waals surface area contributed by atoms with Gasteiger partial charge in [0.25, 0.3) is 0 Å². The van der Waals surface area contributed by atoms with Crippen molar-refractivity contribution in [1.82, 2.24) is 19.6 Å². The van der Waals surface area contributed by atoms with Crippen molar-refractivity contribution in [3.63, 3.8) is 0 Å². The third-order valence-corrected chi connectivity index (χ3v) is 6.41. The normalized spacial score (nSPS) is 22.8. The average molecular weight is 420 g/mol. The fourth-order valence-electron chi connectivity index (χ4n) is 5.01. The minimum absolute atomic E-state index is 0.475. The van der Waals surface area contributed by atoms with Gasteiger partial charge in [-0.3, -0.25) is 4.40 Å². The van der Waals surface area contributed by atoms with Crippen molar-refractivity contribution in [1.29, 1.82) is 0 Å². The van der Waals surface area contributed by atoms with E-state index in [2.05, 4.69) is 59.0 Å². The molecule has 1 radical (unpaired) electrons. The summed E-state index contributed by atoms with van der Waals surface area (Å²) in [6.07, 6.45) is 5.86. The molecule has 0 spiro atoms. The molecule has 157 valence electrons. The molecule has 3 N–H and O–H groups in total. The lowest BCUT2D eigenvalue weighted by atomic mass is 9.63. The van der Waals surface area contributed by atoms with Gasteiger partial charge < -0.3 is 10.8 Å². The van der Waals surface area contributed by atoms with Crippen molar-refractivity contribution >= 4 is 16.6 Å². The molecule has 32 heavy (non-hydrogen) atoms. The highest BCUT2D eigenvalue weighted by molar-refractivity contribution is 5.98. The van der Waals surface area contributed by atoms with E-state index in [9.17, 15) is 5.11 Å². The summed E-state index contributed by atoms with van der Waals surface area (Å²) in [6, 6.07) is 22.6. The van der Waals surface area contributed by atoms with Crippen LogP contribution in [0.1, 0.15) is 25.3 Å². The smallest absolute Gasteiger partial charge is 0.206 e. The lowest BCUT2D eigenvalue weighted by molar-refractivity contribution is -0.0738. The highest BCUT2D eigenvalue weighted by Crippen LogP contribution is 2.46. The van der Waals surface area contributed by atoms with Gasteiger partial charge in [-0.25, -0.2) is 4.98 Å². The molecule has 6 nitrogen and oxygen atoms in total. The first-order valence-corrected chi connectivity index (χ1v) is 10.7. The first-order valence-electron chi connectivity index (χ1n) is 10.7. The Morgan fingerprint density at radius 1 is 1.00 bits per heavy atom. The molecular formula is C26H22N5O. The molecule has 1 saturated carbocycles. The van der Waals surface area contributed by atoms with Gasteiger partial charge in [-0.15, -0.1) is 10.2 Å². The largest absolute Gasteiger partial charge is 0.390 e. The van der Waals surface area contributed by atoms with E-state index in [1.165, 1.54) is 0 Å². The molecule has 0 unspecified atom stereocenters. The minimum atomic E-state index is -0.682. The molecule has 0 atom stereocenters. The van der Waals surface area contributed by atoms with E-state index < -0.39 is 11.1 Å². The maximum absolute atomic E-state index is 10.2. The SMILES string of the molecule is C[C@]1(O)C[C@@](N)(c2ccc(-c3nc4ccn5[c]nnc5c4cc3-c3ccccc3)cc2)C1. The van der Waals surface area contributed by atoms with Gasteiger partial charge in [0.2, 0.25) is 6.33 Å². The van der Waals surface area contributed by atoms with Crippen molar-refractivity contribution in [2.75, 3.05) is 0 Å². The number of nitrogens with two attached hydrogens (primary N) is 1. The Morgan fingerprint density at radius 2 is 1.75 bits per heavy atom. The van der Waals surface area contributed by atoms with Crippen LogP contribution in [0.3, 0.4) is 0 Å². The first-order chi connectivity index (χ1) is 15.4. The summed E-state index contributed by atoms with van der Waals surface area (Å²) in [5, 5.41) is 19.2. The molecular weight excluding hydrogens is 398 g/mol. The summed E-state index contributed by atoms with van der Waals surface area (Å²) in [4.78, 5) is 5.03. The number of fused-ring (bicyclic) bond motifs is 3. The molecule has 3 aromatic heterocycles. The van der Waals surface area contributed by atoms with Gasteiger partial charge in [0.05, 0.1) is 16.8 Å². The van der Waals surface area contributed by atoms with Crippen LogP contribution in [-0.4, -0.2) is 30.3 Å². The number of benzene rings is 2. The Labute approximate surface area is 185 Å². The fraction of sp³-hybridized carbons (Fsp3) is 0.192. The van der Waals surface area contributed by atoms with Crippen molar-refractivity contribution in [2.45, 2.75) is 30.9 Å². The van der Waals surface area contributed by atoms with E-state index in [0.29, 0.717) is 12.8 Å². The summed E-state index contributed by atoms with van der Waals surface area (Å²) < 4.78 is 1.78. The van der Waals surface area contributed by atoms with Crippen molar-refractivity contribution in [3.8, 4) is 22.4 Å². The van der Waals surface area contributed by atoms with Gasteiger partial charge in [-0.2, -0.15) is 0 Å². The Balaban J connectivity index is 1.51. The molecule has 1 aliphatic carbocycles. The fourth-order valence-corrected chi connectivity index (χ4v) is 5.01. The second-order valence-corrected chi connectivity index (χ2v) is 9.08. The zero-order valence-electron chi connectivity index (χ0n) is 17.7. The number of hydrogen-bond acceptors (Lipinski definition) is 5. The lowest BCUT2D eigenvalue weighted by Crippen LogP contribution is -2.58. The third kappa shape index (κ3) is 2.99. The zero-order chi connectivity index (χ0) is 21.9. The van der Waals surface area contributed by atoms with Gasteiger partial charge in [0.1, 0.15) is 0 Å². The van der Waals surface area contributed by atoms with Gasteiger partial charge >= 0.3 is 0 Å². The van der Waals surface area contributed by atoms with Crippen LogP contribution in [-0.2, 0) is 5.54 Å². The van der Waals surface area contributed by atoms with Crippen molar-refractivity contribution in [3.05, 3.63) is 84.8 Å². The second-order valence-electron chi connectivity index (χ2n) is 9.08. The van der Waals surface area contributed by atoms with Crippen LogP contribution in [0.5, 0.6) is 0 Å². The van der Waals surface area contributed by atoms with Crippen molar-refractivity contribution < 1.29 is 5.11 Å². The molecule has 6 rings (SSSR count). The number of rotatable bonds is 3. The number of aliphatic hydroxyl groups is 1. The van der Waals surface area contributed by atoms with Gasteiger partial charge in [0.15, 0.2) is 5.65 Å². The number of pyridine rings is 2. The molecule has 0 bridgehead atoms. The van der Waals surface area contributed by atoms with E-state index in [-0.39, 0.29) is 0 Å². The predicted octanol–water partition coefficient (Wildman–Crippen LogP) is 4.11. The Morgan fingerprint density at radius 3 is 2.47 bits per heavy atom. The van der Waals surface area contributed by atoms with Gasteiger partial charge in [-0.05, 0) is 43.0 Å². The Hall–Kier alpha value is -3.61. The highest BCUT2D eigenvalue weighted by atomic mass is 16.3. The summed E-state index contributed by atoms with van der Waals surface area (Å²) in [5.74, 6) is 0. The van der Waals surface area contributed by atoms with Crippen molar-refractivity contribution in [2.24, 2.45) is 5.73 Å². The Kier molecular flexibility index (Phi) is 4.00. The van der Waals surface area contributed by atoms with Crippen LogP contribution in [0, 0.1) is 6.33 Å². The molecule has 0 aliphatic heterocycles. The maximum Gasteiger partial charge on any atom is 0.206 e. The van der Waals surface area contributed by atoms with Gasteiger partial charge in [0, 0.05) is 28.2 Å². The maximum atomic E-state index is 10.2. The molecule has 2 aromatic carbocycles. The second kappa shape index (κ2) is 6.69. The number of hydrogen-bond donors (Lipinski definition) is 2. The molecule has 0 saturated heterocycles. The topological polar surface area (TPSA) is 89.3 Å². The predicted molar refractivity (Wildman–Crippen MR) is 124 cm³/mol. The molecule has 3 heterocycles. The van der Waals surface area contributed by atoms with E-state index in [1.54, 1.807) is 4.40 Å². The van der Waals surface area contributed by atoms with Crippen LogP contribution < -0.4 is 5.73 Å². The van der Waals surface area contributed by atoms with Crippen LogP contribution in [0.2, 0.25) is 0 Å². The van der Waals surface area contributed by atoms with E-state index in [1.807, 2.05) is 37.4 Å². The molecule has 5 aromatic rings. The molecule has 1 fully saturated rings. The molecule has 6 heteroatoms. The zero-order valence-corrected chi connectivity index (χ0v) is 17.7. The average Bonchev–Trinajstić information content (AvgIpc) is 3.27. The van der Waals surface area contributed by atoms with Crippen LogP contribution in [0.25, 0.3) is 38.9 Å². The summed E-state index contributed by atoms with van der Waals surface area (Å²) in [7, 11) is 0. The van der Waals surface area contributed by atoms with Gasteiger partial charge in [-0.1, -0.05) is 54.6 Å². The van der Waals surface area contributed by atoms with E-state index >= 15 is 0 Å². The molecule has 0 amide bonds. The quantitative estimate of drug-likeness (QED) is 0.458. The highest BCUT2D eigenvalue weighted by Gasteiger charge is 2.49. The monoisotopic (exact) mass is 420 g/mol. The standard InChI is InChI=1S/C26H22N5O/c1-25(32)14-26(27,15-25)19-9-7-18(8-10-19)23-20(17-5-3-2-4-6-17)13-21-22(29-23)11-12-31-16-28-30-24(21)31/h2-13,32H,14-15,27H2,1H3/t25-,26-. The number of aromatic nitrogens is 4. The minimum Gasteiger partial charge on any atom is -0.390 e. The summed E-state index contributed by atoms with van der Waals surface area (Å²) in [5.41, 5.74) is 12.0. The van der Waals surface area contributed by atoms with Crippen LogP contribution >= 0.6 is 0 Å². The third-order valence-electron chi connectivity index (χ3n) is 6.41. The van der Waals surface area contributed by atoms with E-state index in [0.717, 1.165) is 44.5 Å². The van der Waals surface area contributed by atoms with E-state index in [4.69, 9.17) is 10.7 Å².